The Balaban J connectivity index is 0.000000380. The zero-order valence-corrected chi connectivity index (χ0v) is 29.9. The third-order valence-corrected chi connectivity index (χ3v) is 8.44. The van der Waals surface area contributed by atoms with Crippen molar-refractivity contribution < 1.29 is 38.4 Å². The van der Waals surface area contributed by atoms with E-state index in [0.29, 0.717) is 25.8 Å². The maximum absolute atomic E-state index is 12.9. The zero-order valence-electron chi connectivity index (χ0n) is 29.9. The number of carbonyl (C=O) groups excluding carboxylic acids is 8. The average molecular weight is 716 g/mol. The van der Waals surface area contributed by atoms with Crippen LogP contribution < -0.4 is 43.4 Å². The molecule has 0 radical (unpaired) electrons. The predicted molar refractivity (Wildman–Crippen MR) is 187 cm³/mol. The molecule has 17 nitrogen and oxygen atoms in total. The van der Waals surface area contributed by atoms with Crippen LogP contribution in [0.5, 0.6) is 0 Å². The molecule has 0 unspecified atom stereocenters. The van der Waals surface area contributed by atoms with Gasteiger partial charge in [-0.15, -0.1) is 0 Å². The summed E-state index contributed by atoms with van der Waals surface area (Å²) in [6.07, 6.45) is 4.07. The van der Waals surface area contributed by atoms with Crippen LogP contribution in [0.25, 0.3) is 0 Å². The zero-order chi connectivity index (χ0) is 38.2. The van der Waals surface area contributed by atoms with Crippen LogP contribution in [0.4, 0.5) is 0 Å². The van der Waals surface area contributed by atoms with Crippen LogP contribution in [0.3, 0.4) is 0 Å². The number of likely N-dealkylation sites (tertiary alicyclic amines) is 1. The molecule has 1 aromatic carbocycles. The third-order valence-electron chi connectivity index (χ3n) is 8.44. The summed E-state index contributed by atoms with van der Waals surface area (Å²) in [6, 6.07) is 3.91. The maximum Gasteiger partial charge on any atom is 0.245 e. The van der Waals surface area contributed by atoms with Gasteiger partial charge in [-0.2, -0.15) is 0 Å². The van der Waals surface area contributed by atoms with Gasteiger partial charge in [-0.3, -0.25) is 33.6 Å². The molecular formula is C34H53N9O8. The molecule has 3 rings (SSSR count). The van der Waals surface area contributed by atoms with Crippen molar-refractivity contribution in [2.45, 2.75) is 115 Å². The lowest BCUT2D eigenvalue weighted by Gasteiger charge is -2.28. The van der Waals surface area contributed by atoms with E-state index in [1.807, 2.05) is 30.3 Å². The van der Waals surface area contributed by atoms with Gasteiger partial charge < -0.3 is 53.1 Å². The molecule has 0 saturated carbocycles. The highest BCUT2D eigenvalue weighted by molar-refractivity contribution is 5.95. The Labute approximate surface area is 298 Å². The predicted octanol–water partition coefficient (Wildman–Crippen LogP) is -2.51. The Bertz CT molecular complexity index is 1390. The van der Waals surface area contributed by atoms with Crippen molar-refractivity contribution in [2.75, 3.05) is 13.1 Å². The Kier molecular flexibility index (Phi) is 17.2. The number of carbonyl (C=O) groups is 8. The molecule has 2 fully saturated rings. The number of hydrogen-bond donors (Lipinski definition) is 8. The van der Waals surface area contributed by atoms with Crippen molar-refractivity contribution in [3.05, 3.63) is 35.9 Å². The van der Waals surface area contributed by atoms with E-state index in [0.717, 1.165) is 31.2 Å². The maximum atomic E-state index is 12.9. The van der Waals surface area contributed by atoms with Gasteiger partial charge in [0, 0.05) is 6.54 Å². The highest BCUT2D eigenvalue weighted by Gasteiger charge is 2.37. The van der Waals surface area contributed by atoms with Crippen LogP contribution in [0, 0.1) is 0 Å². The first-order valence-corrected chi connectivity index (χ1v) is 17.2. The Morgan fingerprint density at radius 1 is 0.784 bits per heavy atom. The lowest BCUT2D eigenvalue weighted by atomic mass is 10.1. The van der Waals surface area contributed by atoms with Gasteiger partial charge in [0.25, 0.3) is 0 Å². The number of nitrogens with one attached hydrogen (secondary N) is 6. The first-order valence-electron chi connectivity index (χ1n) is 17.2. The molecule has 2 heterocycles. The molecule has 0 bridgehead atoms. The Morgan fingerprint density at radius 2 is 1.37 bits per heavy atom. The molecule has 0 spiro atoms. The summed E-state index contributed by atoms with van der Waals surface area (Å²) < 4.78 is 0. The van der Waals surface area contributed by atoms with E-state index < -0.39 is 65.9 Å². The highest BCUT2D eigenvalue weighted by Crippen LogP contribution is 2.19. The molecule has 2 saturated heterocycles. The molecule has 2 aliphatic heterocycles. The van der Waals surface area contributed by atoms with Gasteiger partial charge in [-0.25, -0.2) is 0 Å². The van der Waals surface area contributed by atoms with Crippen LogP contribution in [0.15, 0.2) is 30.3 Å². The summed E-state index contributed by atoms with van der Waals surface area (Å²) in [5.41, 5.74) is 11.3. The van der Waals surface area contributed by atoms with Crippen LogP contribution >= 0.6 is 0 Å². The van der Waals surface area contributed by atoms with E-state index in [4.69, 9.17) is 11.5 Å². The standard InChI is InChI=1S/C22H30N4O4.C12H23N5O4/c1-15(24-20(28)18-9-5-11-23-18)22(30)26-12-6-10-19(26)21(29)25-17(14-27)13-16-7-3-2-4-8-16;1-5(13)10(19)16-7(3)12(21)17-8(4)11(20)15-6(2)9(14)18/h2-4,7-8,14-15,17-19,23H,5-6,9-13H2,1H3,(H,24,28)(H,25,29);5-8H,13H2,1-4H3,(H2,14,18)(H,15,20)(H,16,19)(H,17,21)/t15-,17-,18-,19-;5-,6-,7-,8-/m00/s1. The molecule has 51 heavy (non-hydrogen) atoms. The molecule has 2 aliphatic rings. The number of amides is 7. The fraction of sp³-hybridized carbons (Fsp3) is 0.588. The second-order valence-corrected chi connectivity index (χ2v) is 12.9. The quantitative estimate of drug-likeness (QED) is 0.0885. The average Bonchev–Trinajstić information content (AvgIpc) is 3.81. The van der Waals surface area contributed by atoms with E-state index >= 15 is 0 Å². The second-order valence-electron chi connectivity index (χ2n) is 12.9. The topological polar surface area (TPSA) is 264 Å². The fourth-order valence-electron chi connectivity index (χ4n) is 5.34. The SMILES string of the molecule is C[C@H](N)C(=O)N[C@@H](C)C(=O)N[C@@H](C)C(=O)N[C@@H](C)C(N)=O.C[C@H](NC(=O)[C@@H]1CCCN1)C(=O)N1CCC[C@H]1C(=O)N[C@H](C=O)Cc1ccccc1. The summed E-state index contributed by atoms with van der Waals surface area (Å²) in [5, 5.41) is 15.8. The Morgan fingerprint density at radius 3 is 1.90 bits per heavy atom. The second kappa shape index (κ2) is 20.7. The highest BCUT2D eigenvalue weighted by atomic mass is 16.2. The van der Waals surface area contributed by atoms with Crippen molar-refractivity contribution in [1.82, 2.24) is 36.8 Å². The monoisotopic (exact) mass is 715 g/mol. The number of nitrogens with zero attached hydrogens (tertiary/aromatic N) is 1. The summed E-state index contributed by atoms with van der Waals surface area (Å²) in [4.78, 5) is 96.7. The number of primary amides is 1. The lowest BCUT2D eigenvalue weighted by molar-refractivity contribution is -0.141. The van der Waals surface area contributed by atoms with Gasteiger partial charge in [-0.05, 0) is 78.8 Å². The first kappa shape index (κ1) is 42.3. The van der Waals surface area contributed by atoms with Crippen molar-refractivity contribution >= 4 is 47.6 Å². The molecule has 282 valence electrons. The van der Waals surface area contributed by atoms with Gasteiger partial charge in [0.15, 0.2) is 0 Å². The number of benzene rings is 1. The van der Waals surface area contributed by atoms with E-state index in [1.165, 1.54) is 32.6 Å². The van der Waals surface area contributed by atoms with Gasteiger partial charge in [0.2, 0.25) is 41.4 Å². The summed E-state index contributed by atoms with van der Waals surface area (Å²) in [7, 11) is 0. The van der Waals surface area contributed by atoms with Crippen molar-refractivity contribution in [1.29, 1.82) is 0 Å². The number of nitrogens with two attached hydrogens (primary N) is 2. The molecule has 0 aliphatic carbocycles. The van der Waals surface area contributed by atoms with Gasteiger partial charge in [-0.1, -0.05) is 30.3 Å². The normalized spacial score (nSPS) is 20.1. The summed E-state index contributed by atoms with van der Waals surface area (Å²) in [5.74, 6) is -3.04. The van der Waals surface area contributed by atoms with Crippen LogP contribution in [-0.4, -0.2) is 114 Å². The lowest BCUT2D eigenvalue weighted by Crippen LogP contribution is -2.55. The van der Waals surface area contributed by atoms with E-state index in [1.54, 1.807) is 6.92 Å². The minimum Gasteiger partial charge on any atom is -0.368 e. The Hall–Kier alpha value is -4.90. The van der Waals surface area contributed by atoms with Crippen molar-refractivity contribution in [3.63, 3.8) is 0 Å². The smallest absolute Gasteiger partial charge is 0.245 e. The van der Waals surface area contributed by atoms with Crippen LogP contribution in [0.1, 0.15) is 65.9 Å². The van der Waals surface area contributed by atoms with E-state index in [-0.39, 0.29) is 23.8 Å². The van der Waals surface area contributed by atoms with E-state index in [2.05, 4.69) is 31.9 Å². The number of aldehydes is 1. The van der Waals surface area contributed by atoms with E-state index in [9.17, 15) is 38.4 Å². The molecule has 1 aromatic rings. The number of hydrogen-bond acceptors (Lipinski definition) is 10. The number of rotatable bonds is 15. The van der Waals surface area contributed by atoms with Crippen LogP contribution in [0.2, 0.25) is 0 Å². The minimum atomic E-state index is -0.881. The molecular weight excluding hydrogens is 662 g/mol. The fourth-order valence-corrected chi connectivity index (χ4v) is 5.34. The van der Waals surface area contributed by atoms with Crippen molar-refractivity contribution in [2.24, 2.45) is 11.5 Å². The van der Waals surface area contributed by atoms with Gasteiger partial charge in [0.1, 0.15) is 36.5 Å². The first-order chi connectivity index (χ1) is 24.0. The minimum absolute atomic E-state index is 0.183. The molecule has 8 atom stereocenters. The van der Waals surface area contributed by atoms with Gasteiger partial charge >= 0.3 is 0 Å². The third kappa shape index (κ3) is 13.7. The molecule has 0 aromatic heterocycles. The summed E-state index contributed by atoms with van der Waals surface area (Å²) >= 11 is 0. The van der Waals surface area contributed by atoms with Gasteiger partial charge in [0.05, 0.1) is 18.1 Å². The molecule has 10 N–H and O–H groups in total. The molecule has 7 amide bonds. The van der Waals surface area contributed by atoms with Crippen molar-refractivity contribution in [3.8, 4) is 0 Å². The molecule has 17 heteroatoms. The van der Waals surface area contributed by atoms with Crippen LogP contribution in [-0.2, 0) is 44.8 Å². The summed E-state index contributed by atoms with van der Waals surface area (Å²) in [6.45, 7) is 8.74. The largest absolute Gasteiger partial charge is 0.368 e.